The van der Waals surface area contributed by atoms with Gasteiger partial charge in [0.1, 0.15) is 0 Å². The Bertz CT molecular complexity index is 389. The van der Waals surface area contributed by atoms with Gasteiger partial charge in [-0.05, 0) is 69.1 Å². The molecule has 4 unspecified atom stereocenters. The Morgan fingerprint density at radius 1 is 1.00 bits per heavy atom. The van der Waals surface area contributed by atoms with Gasteiger partial charge < -0.3 is 0 Å². The third-order valence-electron chi connectivity index (χ3n) is 7.38. The van der Waals surface area contributed by atoms with Crippen LogP contribution in [-0.4, -0.2) is 0 Å². The summed E-state index contributed by atoms with van der Waals surface area (Å²) >= 11 is 0. The monoisotopic (exact) mass is 230 g/mol. The molecule has 94 valence electrons. The SMILES string of the molecule is CC1=C2CC3CCC4CCCCC3(C)C24CC1. The van der Waals surface area contributed by atoms with Gasteiger partial charge in [0.25, 0.3) is 0 Å². The molecule has 0 aromatic rings. The average molecular weight is 230 g/mol. The van der Waals surface area contributed by atoms with E-state index in [9.17, 15) is 0 Å². The van der Waals surface area contributed by atoms with Crippen LogP contribution in [0.4, 0.5) is 0 Å². The second kappa shape index (κ2) is 3.19. The van der Waals surface area contributed by atoms with Crippen molar-refractivity contribution in [1.29, 1.82) is 0 Å². The Hall–Kier alpha value is -0.260. The summed E-state index contributed by atoms with van der Waals surface area (Å²) in [4.78, 5) is 0. The van der Waals surface area contributed by atoms with Crippen molar-refractivity contribution in [3.05, 3.63) is 11.1 Å². The van der Waals surface area contributed by atoms with Crippen LogP contribution in [-0.2, 0) is 0 Å². The standard InChI is InChI=1S/C17H26/c1-12-8-10-17-13-5-3-4-9-16(17,2)14(7-6-13)11-15(12)17/h13-14H,3-11H2,1-2H3. The first-order valence-electron chi connectivity index (χ1n) is 7.87. The molecule has 1 spiro atoms. The van der Waals surface area contributed by atoms with E-state index in [4.69, 9.17) is 0 Å². The van der Waals surface area contributed by atoms with Crippen molar-refractivity contribution in [1.82, 2.24) is 0 Å². The number of allylic oxidation sites excluding steroid dienone is 2. The second-order valence-corrected chi connectivity index (χ2v) is 7.57. The van der Waals surface area contributed by atoms with Crippen molar-refractivity contribution < 1.29 is 0 Å². The van der Waals surface area contributed by atoms with E-state index in [2.05, 4.69) is 13.8 Å². The van der Waals surface area contributed by atoms with Gasteiger partial charge in [0.05, 0.1) is 0 Å². The minimum absolute atomic E-state index is 0.691. The molecule has 4 bridgehead atoms. The van der Waals surface area contributed by atoms with E-state index in [0.29, 0.717) is 10.8 Å². The molecule has 0 amide bonds. The molecule has 0 N–H and O–H groups in total. The fourth-order valence-corrected chi connectivity index (χ4v) is 6.58. The first-order chi connectivity index (χ1) is 8.18. The summed E-state index contributed by atoms with van der Waals surface area (Å²) in [5.74, 6) is 2.10. The van der Waals surface area contributed by atoms with E-state index in [1.807, 2.05) is 5.57 Å². The smallest absolute Gasteiger partial charge is 0.000234 e. The van der Waals surface area contributed by atoms with E-state index in [1.54, 1.807) is 24.8 Å². The summed E-state index contributed by atoms with van der Waals surface area (Å²) < 4.78 is 0. The summed E-state index contributed by atoms with van der Waals surface area (Å²) in [5.41, 5.74) is 5.15. The molecule has 4 rings (SSSR count). The van der Waals surface area contributed by atoms with Gasteiger partial charge in [-0.15, -0.1) is 0 Å². The van der Waals surface area contributed by atoms with Gasteiger partial charge in [-0.1, -0.05) is 30.9 Å². The molecule has 0 heteroatoms. The van der Waals surface area contributed by atoms with Gasteiger partial charge in [-0.25, -0.2) is 0 Å². The minimum atomic E-state index is 0.691. The normalized spacial score (nSPS) is 52.6. The molecule has 0 heterocycles. The molecule has 0 radical (unpaired) electrons. The van der Waals surface area contributed by atoms with Crippen LogP contribution in [0.15, 0.2) is 11.1 Å². The van der Waals surface area contributed by atoms with Crippen molar-refractivity contribution in [3.63, 3.8) is 0 Å². The van der Waals surface area contributed by atoms with Crippen molar-refractivity contribution in [3.8, 4) is 0 Å². The zero-order valence-electron chi connectivity index (χ0n) is 11.5. The Morgan fingerprint density at radius 2 is 1.82 bits per heavy atom. The van der Waals surface area contributed by atoms with E-state index < -0.39 is 0 Å². The molecule has 3 saturated carbocycles. The Morgan fingerprint density at radius 3 is 2.71 bits per heavy atom. The molecule has 17 heavy (non-hydrogen) atoms. The van der Waals surface area contributed by atoms with Crippen LogP contribution in [0.25, 0.3) is 0 Å². The number of rotatable bonds is 0. The van der Waals surface area contributed by atoms with E-state index in [-0.39, 0.29) is 0 Å². The Balaban J connectivity index is 1.94. The minimum Gasteiger partial charge on any atom is -0.0735 e. The summed E-state index contributed by atoms with van der Waals surface area (Å²) in [6, 6.07) is 0. The lowest BCUT2D eigenvalue weighted by molar-refractivity contribution is -0.0272. The van der Waals surface area contributed by atoms with E-state index in [0.717, 1.165) is 11.8 Å². The van der Waals surface area contributed by atoms with Crippen molar-refractivity contribution in [2.75, 3.05) is 0 Å². The Labute approximate surface area is 106 Å². The highest BCUT2D eigenvalue weighted by Gasteiger charge is 2.66. The maximum atomic E-state index is 2.68. The van der Waals surface area contributed by atoms with Crippen molar-refractivity contribution in [2.45, 2.75) is 71.6 Å². The summed E-state index contributed by atoms with van der Waals surface area (Å²) in [5, 5.41) is 0. The van der Waals surface area contributed by atoms with Crippen molar-refractivity contribution >= 4 is 0 Å². The van der Waals surface area contributed by atoms with Crippen LogP contribution in [0.5, 0.6) is 0 Å². The maximum absolute atomic E-state index is 2.68. The zero-order chi connectivity index (χ0) is 11.7. The largest absolute Gasteiger partial charge is 0.0735 e. The van der Waals surface area contributed by atoms with Crippen LogP contribution >= 0.6 is 0 Å². The molecule has 0 aliphatic heterocycles. The second-order valence-electron chi connectivity index (χ2n) is 7.57. The first kappa shape index (κ1) is 10.6. The van der Waals surface area contributed by atoms with Gasteiger partial charge in [-0.3, -0.25) is 0 Å². The summed E-state index contributed by atoms with van der Waals surface area (Å²) in [6.07, 6.45) is 13.6. The van der Waals surface area contributed by atoms with Crippen LogP contribution in [0, 0.1) is 22.7 Å². The maximum Gasteiger partial charge on any atom is 0.000234 e. The summed E-state index contributed by atoms with van der Waals surface area (Å²) in [7, 11) is 0. The summed E-state index contributed by atoms with van der Waals surface area (Å²) in [6.45, 7) is 5.13. The number of hydrogen-bond donors (Lipinski definition) is 0. The van der Waals surface area contributed by atoms with Gasteiger partial charge in [0.2, 0.25) is 0 Å². The molecule has 0 nitrogen and oxygen atoms in total. The molecule has 0 aromatic carbocycles. The predicted molar refractivity (Wildman–Crippen MR) is 71.8 cm³/mol. The Kier molecular flexibility index (Phi) is 2.00. The molecular formula is C17H26. The highest BCUT2D eigenvalue weighted by molar-refractivity contribution is 5.38. The van der Waals surface area contributed by atoms with Crippen LogP contribution in [0.3, 0.4) is 0 Å². The zero-order valence-corrected chi connectivity index (χ0v) is 11.5. The van der Waals surface area contributed by atoms with Gasteiger partial charge in [-0.2, -0.15) is 0 Å². The molecule has 4 aliphatic rings. The number of hydrogen-bond acceptors (Lipinski definition) is 0. The van der Waals surface area contributed by atoms with Crippen LogP contribution < -0.4 is 0 Å². The van der Waals surface area contributed by atoms with Gasteiger partial charge in [0, 0.05) is 5.41 Å². The third-order valence-corrected chi connectivity index (χ3v) is 7.38. The molecule has 0 aromatic heterocycles. The average Bonchev–Trinajstić information content (AvgIpc) is 2.64. The highest BCUT2D eigenvalue weighted by atomic mass is 14.7. The van der Waals surface area contributed by atoms with Crippen molar-refractivity contribution in [2.24, 2.45) is 22.7 Å². The molecular weight excluding hydrogens is 204 g/mol. The fraction of sp³-hybridized carbons (Fsp3) is 0.882. The van der Waals surface area contributed by atoms with Crippen LogP contribution in [0.1, 0.15) is 71.6 Å². The lowest BCUT2D eigenvalue weighted by Gasteiger charge is -2.53. The third kappa shape index (κ3) is 1.03. The van der Waals surface area contributed by atoms with Crippen LogP contribution in [0.2, 0.25) is 0 Å². The van der Waals surface area contributed by atoms with Gasteiger partial charge >= 0.3 is 0 Å². The highest BCUT2D eigenvalue weighted by Crippen LogP contribution is 2.75. The molecule has 0 saturated heterocycles. The molecule has 4 atom stereocenters. The van der Waals surface area contributed by atoms with Gasteiger partial charge in [0.15, 0.2) is 0 Å². The van der Waals surface area contributed by atoms with E-state index >= 15 is 0 Å². The molecule has 3 fully saturated rings. The fourth-order valence-electron chi connectivity index (χ4n) is 6.58. The lowest BCUT2D eigenvalue weighted by atomic mass is 9.51. The quantitative estimate of drug-likeness (QED) is 0.508. The lowest BCUT2D eigenvalue weighted by Crippen LogP contribution is -2.46. The topological polar surface area (TPSA) is 0 Å². The first-order valence-corrected chi connectivity index (χ1v) is 7.87. The predicted octanol–water partition coefficient (Wildman–Crippen LogP) is 5.09. The van der Waals surface area contributed by atoms with E-state index in [1.165, 1.54) is 38.5 Å². The molecule has 4 aliphatic carbocycles.